The van der Waals surface area contributed by atoms with Crippen molar-refractivity contribution < 1.29 is 35.5 Å². The second kappa shape index (κ2) is 11.0. The first-order chi connectivity index (χ1) is 17.9. The summed E-state index contributed by atoms with van der Waals surface area (Å²) in [7, 11) is 0. The molecule has 1 saturated carbocycles. The van der Waals surface area contributed by atoms with E-state index in [1.807, 2.05) is 6.92 Å². The van der Waals surface area contributed by atoms with Crippen molar-refractivity contribution in [2.45, 2.75) is 69.8 Å². The van der Waals surface area contributed by atoms with Crippen molar-refractivity contribution >= 4 is 0 Å². The molecule has 0 spiro atoms. The van der Waals surface area contributed by atoms with Crippen LogP contribution in [0.15, 0.2) is 48.8 Å². The molecule has 1 heterocycles. The van der Waals surface area contributed by atoms with E-state index in [1.165, 1.54) is 25.4 Å². The molecule has 206 valence electrons. The maximum Gasteiger partial charge on any atom is 0.416 e. The molecule has 1 fully saturated rings. The number of hydrogen-bond acceptors (Lipinski definition) is 4. The molecule has 4 rings (SSSR count). The summed E-state index contributed by atoms with van der Waals surface area (Å²) < 4.78 is 100. The maximum atomic E-state index is 13.7. The van der Waals surface area contributed by atoms with Crippen molar-refractivity contribution in [3.05, 3.63) is 82.7 Å². The molecule has 38 heavy (non-hydrogen) atoms. The number of nitrogens with zero attached hydrogens (tertiary/aromatic N) is 3. The lowest BCUT2D eigenvalue weighted by Crippen LogP contribution is -2.39. The molecule has 2 aromatic carbocycles. The van der Waals surface area contributed by atoms with Crippen LogP contribution in [-0.4, -0.2) is 38.8 Å². The Morgan fingerprint density at radius 1 is 1.00 bits per heavy atom. The van der Waals surface area contributed by atoms with E-state index < -0.39 is 41.5 Å². The van der Waals surface area contributed by atoms with Crippen LogP contribution in [0.3, 0.4) is 0 Å². The van der Waals surface area contributed by atoms with Gasteiger partial charge in [0.1, 0.15) is 18.0 Å². The van der Waals surface area contributed by atoms with Crippen molar-refractivity contribution in [1.29, 1.82) is 0 Å². The van der Waals surface area contributed by atoms with Gasteiger partial charge in [-0.2, -0.15) is 31.4 Å². The predicted octanol–water partition coefficient (Wildman–Crippen LogP) is 6.90. The summed E-state index contributed by atoms with van der Waals surface area (Å²) in [5.41, 5.74) is -2.23. The van der Waals surface area contributed by atoms with Gasteiger partial charge < -0.3 is 4.74 Å². The summed E-state index contributed by atoms with van der Waals surface area (Å²) in [5.74, 6) is -0.0910. The van der Waals surface area contributed by atoms with Crippen LogP contribution in [0.1, 0.15) is 66.8 Å². The number of aromatic amines is 1. The zero-order valence-corrected chi connectivity index (χ0v) is 20.7. The molecule has 1 aliphatic carbocycles. The normalized spacial score (nSPS) is 21.3. The van der Waals surface area contributed by atoms with E-state index in [4.69, 9.17) is 4.74 Å². The monoisotopic (exact) mass is 544 g/mol. The van der Waals surface area contributed by atoms with Gasteiger partial charge in [-0.05, 0) is 67.8 Å². The van der Waals surface area contributed by atoms with E-state index in [1.54, 1.807) is 12.1 Å². The summed E-state index contributed by atoms with van der Waals surface area (Å²) in [6, 6.07) is 7.30. The fourth-order valence-electron chi connectivity index (χ4n) is 5.14. The Kier molecular flexibility index (Phi) is 8.12. The van der Waals surface area contributed by atoms with Crippen molar-refractivity contribution in [2.75, 3.05) is 6.54 Å². The van der Waals surface area contributed by atoms with Crippen LogP contribution < -0.4 is 0 Å². The van der Waals surface area contributed by atoms with Gasteiger partial charge in [0.25, 0.3) is 0 Å². The summed E-state index contributed by atoms with van der Waals surface area (Å²) >= 11 is 0. The Morgan fingerprint density at radius 3 is 2.16 bits per heavy atom. The van der Waals surface area contributed by atoms with E-state index in [-0.39, 0.29) is 23.6 Å². The average molecular weight is 545 g/mol. The second-order valence-corrected chi connectivity index (χ2v) is 9.37. The number of hydrogen-bond donors (Lipinski definition) is 1. The number of aromatic nitrogens is 3. The lowest BCUT2D eigenvalue weighted by molar-refractivity contribution is -0.143. The zero-order chi connectivity index (χ0) is 27.7. The summed E-state index contributed by atoms with van der Waals surface area (Å²) in [6.45, 7) is 4.49. The molecule has 0 radical (unpaired) electrons. The third-order valence-electron chi connectivity index (χ3n) is 6.97. The summed E-state index contributed by atoms with van der Waals surface area (Å²) in [5, 5.41) is 6.69. The lowest BCUT2D eigenvalue weighted by Gasteiger charge is -2.34. The van der Waals surface area contributed by atoms with E-state index in [9.17, 15) is 30.7 Å². The molecule has 4 atom stereocenters. The van der Waals surface area contributed by atoms with E-state index >= 15 is 0 Å². The number of benzene rings is 2. The molecule has 12 heteroatoms. The molecule has 0 saturated heterocycles. The van der Waals surface area contributed by atoms with Crippen LogP contribution >= 0.6 is 0 Å². The number of nitrogens with one attached hydrogen (secondary N) is 1. The topological polar surface area (TPSA) is 54.0 Å². The van der Waals surface area contributed by atoms with Crippen LogP contribution in [0.25, 0.3) is 0 Å². The Bertz CT molecular complexity index is 1160. The van der Waals surface area contributed by atoms with E-state index in [2.05, 4.69) is 20.1 Å². The summed E-state index contributed by atoms with van der Waals surface area (Å²) in [6.07, 6.45) is -8.94. The van der Waals surface area contributed by atoms with Gasteiger partial charge in [-0.15, -0.1) is 0 Å². The van der Waals surface area contributed by atoms with Crippen LogP contribution in [0.5, 0.6) is 0 Å². The van der Waals surface area contributed by atoms with Gasteiger partial charge in [0.05, 0.1) is 29.9 Å². The minimum absolute atomic E-state index is 0.0972. The number of alkyl halides is 6. The van der Waals surface area contributed by atoms with E-state index in [0.29, 0.717) is 43.9 Å². The maximum absolute atomic E-state index is 13.7. The minimum Gasteiger partial charge on any atom is -0.370 e. The number of halogens is 7. The molecule has 1 aromatic heterocycles. The third kappa shape index (κ3) is 6.35. The second-order valence-electron chi connectivity index (χ2n) is 9.37. The zero-order valence-electron chi connectivity index (χ0n) is 20.7. The van der Waals surface area contributed by atoms with Crippen molar-refractivity contribution in [1.82, 2.24) is 20.1 Å². The SMILES string of the molecule is CCN(Cc1ncn[nH]1)C1CCC(OC(C)c2cc(C(F)(F)F)cc(C(F)(F)F)c2)C1c1ccc(F)cc1. The Labute approximate surface area is 215 Å². The van der Waals surface area contributed by atoms with E-state index in [0.717, 1.165) is 5.56 Å². The molecule has 0 bridgehead atoms. The molecule has 1 N–H and O–H groups in total. The van der Waals surface area contributed by atoms with Gasteiger partial charge >= 0.3 is 12.4 Å². The first kappa shape index (κ1) is 28.0. The third-order valence-corrected chi connectivity index (χ3v) is 6.97. The van der Waals surface area contributed by atoms with Crippen molar-refractivity contribution in [2.24, 2.45) is 0 Å². The van der Waals surface area contributed by atoms with Gasteiger partial charge in [-0.1, -0.05) is 19.1 Å². The average Bonchev–Trinajstić information content (AvgIpc) is 3.52. The lowest BCUT2D eigenvalue weighted by atomic mass is 9.91. The fourth-order valence-corrected chi connectivity index (χ4v) is 5.14. The number of rotatable bonds is 8. The fraction of sp³-hybridized carbons (Fsp3) is 0.462. The molecular formula is C26H27F7N4O. The highest BCUT2D eigenvalue weighted by molar-refractivity contribution is 5.35. The molecule has 1 aliphatic rings. The van der Waals surface area contributed by atoms with Crippen LogP contribution in [0, 0.1) is 5.82 Å². The van der Waals surface area contributed by atoms with Gasteiger partial charge in [-0.25, -0.2) is 9.37 Å². The Hall–Kier alpha value is -2.99. The van der Waals surface area contributed by atoms with Crippen LogP contribution in [0.4, 0.5) is 30.7 Å². The molecular weight excluding hydrogens is 517 g/mol. The first-order valence-corrected chi connectivity index (χ1v) is 12.2. The van der Waals surface area contributed by atoms with Gasteiger partial charge in [0.15, 0.2) is 0 Å². The molecule has 0 aliphatic heterocycles. The van der Waals surface area contributed by atoms with Crippen molar-refractivity contribution in [3.8, 4) is 0 Å². The molecule has 3 aromatic rings. The standard InChI is InChI=1S/C26H27F7N4O/c1-3-37(13-23-34-14-35-36-23)21-8-9-22(24(21)16-4-6-20(27)7-5-16)38-15(2)17-10-18(25(28,29)30)12-19(11-17)26(31,32)33/h4-7,10-12,14-15,21-22,24H,3,8-9,13H2,1-2H3,(H,34,35,36). The number of H-pyrrole nitrogens is 1. The van der Waals surface area contributed by atoms with Crippen LogP contribution in [0.2, 0.25) is 0 Å². The van der Waals surface area contributed by atoms with Crippen molar-refractivity contribution in [3.63, 3.8) is 0 Å². The van der Waals surface area contributed by atoms with Gasteiger partial charge in [0.2, 0.25) is 0 Å². The highest BCUT2D eigenvalue weighted by atomic mass is 19.4. The smallest absolute Gasteiger partial charge is 0.370 e. The number of likely N-dealkylation sites (N-methyl/N-ethyl adjacent to an activating group) is 1. The molecule has 5 nitrogen and oxygen atoms in total. The highest BCUT2D eigenvalue weighted by Crippen LogP contribution is 2.43. The summed E-state index contributed by atoms with van der Waals surface area (Å²) in [4.78, 5) is 6.32. The molecule has 0 amide bonds. The van der Waals surface area contributed by atoms with Crippen LogP contribution in [-0.2, 0) is 23.6 Å². The van der Waals surface area contributed by atoms with Gasteiger partial charge in [-0.3, -0.25) is 10.00 Å². The highest BCUT2D eigenvalue weighted by Gasteiger charge is 2.42. The largest absolute Gasteiger partial charge is 0.416 e. The Morgan fingerprint density at radius 2 is 1.63 bits per heavy atom. The first-order valence-electron chi connectivity index (χ1n) is 12.2. The minimum atomic E-state index is -4.95. The molecule has 4 unspecified atom stereocenters. The quantitative estimate of drug-likeness (QED) is 0.314. The number of ether oxygens (including phenoxy) is 1. The predicted molar refractivity (Wildman–Crippen MR) is 124 cm³/mol. The Balaban J connectivity index is 1.65. The van der Waals surface area contributed by atoms with Gasteiger partial charge in [0, 0.05) is 12.0 Å².